The molecule has 3 aromatic heterocycles. The van der Waals surface area contributed by atoms with Crippen LogP contribution in [0.3, 0.4) is 0 Å². The summed E-state index contributed by atoms with van der Waals surface area (Å²) in [5.74, 6) is 0.441. The number of hydrogen-bond acceptors (Lipinski definition) is 6. The summed E-state index contributed by atoms with van der Waals surface area (Å²) in [5, 5.41) is 5.27. The lowest BCUT2D eigenvalue weighted by molar-refractivity contribution is -0.113. The topological polar surface area (TPSA) is 76.9 Å². The Balaban J connectivity index is 1.52. The van der Waals surface area contributed by atoms with E-state index in [9.17, 15) is 9.59 Å². The summed E-state index contributed by atoms with van der Waals surface area (Å²) in [4.78, 5) is 34.5. The fourth-order valence-corrected chi connectivity index (χ4v) is 4.68. The van der Waals surface area contributed by atoms with Crippen molar-refractivity contribution < 1.29 is 4.79 Å². The molecule has 1 aromatic carbocycles. The zero-order valence-electron chi connectivity index (χ0n) is 17.2. The summed E-state index contributed by atoms with van der Waals surface area (Å²) in [5.41, 5.74) is 3.28. The van der Waals surface area contributed by atoms with Crippen LogP contribution >= 0.6 is 23.1 Å². The first-order chi connectivity index (χ1) is 15.0. The van der Waals surface area contributed by atoms with E-state index in [2.05, 4.69) is 29.1 Å². The van der Waals surface area contributed by atoms with Gasteiger partial charge in [-0.2, -0.15) is 0 Å². The first kappa shape index (κ1) is 21.3. The van der Waals surface area contributed by atoms with Crippen molar-refractivity contribution in [3.63, 3.8) is 0 Å². The predicted octanol–water partition coefficient (Wildman–Crippen LogP) is 4.76. The number of pyridine rings is 1. The van der Waals surface area contributed by atoms with Crippen LogP contribution in [0.15, 0.2) is 70.1 Å². The number of rotatable bonds is 7. The standard InChI is InChI=1S/C23H22N4O2S2/c1-15(2)16-6-8-17(9-7-16)25-20(28)14-31-23-26-19-10-12-30-21(19)22(29)27(23)13-18-5-3-4-11-24-18/h3-12,15H,13-14H2,1-2H3,(H,25,28). The first-order valence-corrected chi connectivity index (χ1v) is 11.8. The van der Waals surface area contributed by atoms with Gasteiger partial charge in [-0.25, -0.2) is 4.98 Å². The van der Waals surface area contributed by atoms with E-state index in [0.717, 1.165) is 11.4 Å². The molecule has 0 saturated heterocycles. The zero-order valence-corrected chi connectivity index (χ0v) is 18.9. The van der Waals surface area contributed by atoms with Gasteiger partial charge < -0.3 is 5.32 Å². The molecule has 158 valence electrons. The Morgan fingerprint density at radius 3 is 2.68 bits per heavy atom. The molecule has 0 aliphatic carbocycles. The second kappa shape index (κ2) is 9.45. The third-order valence-corrected chi connectivity index (χ3v) is 6.64. The van der Waals surface area contributed by atoms with Crippen LogP contribution in [0, 0.1) is 0 Å². The number of fused-ring (bicyclic) bond motifs is 1. The second-order valence-corrected chi connectivity index (χ2v) is 9.21. The maximum atomic E-state index is 13.0. The maximum absolute atomic E-state index is 13.0. The molecule has 1 N–H and O–H groups in total. The number of benzene rings is 1. The number of anilines is 1. The van der Waals surface area contributed by atoms with Crippen molar-refractivity contribution >= 4 is 44.9 Å². The van der Waals surface area contributed by atoms with Crippen molar-refractivity contribution in [3.8, 4) is 0 Å². The quantitative estimate of drug-likeness (QED) is 0.325. The summed E-state index contributed by atoms with van der Waals surface area (Å²) in [6, 6.07) is 15.3. The van der Waals surface area contributed by atoms with E-state index < -0.39 is 0 Å². The predicted molar refractivity (Wildman–Crippen MR) is 127 cm³/mol. The third kappa shape index (κ3) is 5.03. The molecule has 0 saturated carbocycles. The number of nitrogens with one attached hydrogen (secondary N) is 1. The molecule has 0 radical (unpaired) electrons. The average molecular weight is 451 g/mol. The number of thiophene rings is 1. The summed E-state index contributed by atoms with van der Waals surface area (Å²) in [6.45, 7) is 4.57. The average Bonchev–Trinajstić information content (AvgIpc) is 3.24. The Hall–Kier alpha value is -2.97. The van der Waals surface area contributed by atoms with E-state index in [1.54, 1.807) is 10.8 Å². The van der Waals surface area contributed by atoms with E-state index in [4.69, 9.17) is 0 Å². The molecular weight excluding hydrogens is 428 g/mol. The van der Waals surface area contributed by atoms with Crippen molar-refractivity contribution in [2.75, 3.05) is 11.1 Å². The maximum Gasteiger partial charge on any atom is 0.272 e. The molecule has 0 aliphatic heterocycles. The van der Waals surface area contributed by atoms with Gasteiger partial charge in [-0.15, -0.1) is 11.3 Å². The Labute approximate surface area is 188 Å². The molecule has 8 heteroatoms. The minimum absolute atomic E-state index is 0.113. The fraction of sp³-hybridized carbons (Fsp3) is 0.217. The van der Waals surface area contributed by atoms with E-state index in [-0.39, 0.29) is 17.2 Å². The lowest BCUT2D eigenvalue weighted by Crippen LogP contribution is -2.24. The van der Waals surface area contributed by atoms with Crippen molar-refractivity contribution in [1.82, 2.24) is 14.5 Å². The minimum atomic E-state index is -0.147. The van der Waals surface area contributed by atoms with Crippen molar-refractivity contribution in [3.05, 3.63) is 81.7 Å². The SMILES string of the molecule is CC(C)c1ccc(NC(=O)CSc2nc3ccsc3c(=O)n2Cc2ccccn2)cc1. The van der Waals surface area contributed by atoms with E-state index >= 15 is 0 Å². The molecule has 0 fully saturated rings. The van der Waals surface area contributed by atoms with Gasteiger partial charge in [0.2, 0.25) is 5.91 Å². The van der Waals surface area contributed by atoms with E-state index in [0.29, 0.717) is 27.8 Å². The third-order valence-electron chi connectivity index (χ3n) is 4.77. The van der Waals surface area contributed by atoms with Crippen LogP contribution in [0.2, 0.25) is 0 Å². The van der Waals surface area contributed by atoms with Gasteiger partial charge in [-0.1, -0.05) is 43.8 Å². The molecule has 3 heterocycles. The molecule has 0 atom stereocenters. The summed E-state index contributed by atoms with van der Waals surface area (Å²) in [6.07, 6.45) is 1.70. The van der Waals surface area contributed by atoms with Gasteiger partial charge in [0.1, 0.15) is 4.70 Å². The van der Waals surface area contributed by atoms with Gasteiger partial charge >= 0.3 is 0 Å². The molecule has 0 unspecified atom stereocenters. The van der Waals surface area contributed by atoms with Gasteiger partial charge in [0.25, 0.3) is 5.56 Å². The van der Waals surface area contributed by atoms with Crippen LogP contribution in [-0.4, -0.2) is 26.2 Å². The number of carbonyl (C=O) groups is 1. The van der Waals surface area contributed by atoms with Gasteiger partial charge in [-0.3, -0.25) is 19.1 Å². The molecular formula is C23H22N4O2S2. The highest BCUT2D eigenvalue weighted by molar-refractivity contribution is 7.99. The minimum Gasteiger partial charge on any atom is -0.325 e. The molecule has 4 aromatic rings. The Bertz CT molecular complexity index is 1250. The molecule has 0 aliphatic rings. The lowest BCUT2D eigenvalue weighted by Gasteiger charge is -2.12. The summed E-state index contributed by atoms with van der Waals surface area (Å²) in [7, 11) is 0. The van der Waals surface area contributed by atoms with Crippen molar-refractivity contribution in [2.24, 2.45) is 0 Å². The van der Waals surface area contributed by atoms with Crippen LogP contribution in [0.1, 0.15) is 31.0 Å². The van der Waals surface area contributed by atoms with Crippen LogP contribution in [-0.2, 0) is 11.3 Å². The Morgan fingerprint density at radius 1 is 1.16 bits per heavy atom. The summed E-state index contributed by atoms with van der Waals surface area (Å²) >= 11 is 2.62. The van der Waals surface area contributed by atoms with Gasteiger partial charge in [0, 0.05) is 11.9 Å². The monoisotopic (exact) mass is 450 g/mol. The number of amides is 1. The van der Waals surface area contributed by atoms with E-state index in [1.807, 2.05) is 53.9 Å². The number of carbonyl (C=O) groups excluding carboxylic acids is 1. The number of thioether (sulfide) groups is 1. The second-order valence-electron chi connectivity index (χ2n) is 7.36. The smallest absolute Gasteiger partial charge is 0.272 e. The largest absolute Gasteiger partial charge is 0.325 e. The molecule has 4 rings (SSSR count). The summed E-state index contributed by atoms with van der Waals surface area (Å²) < 4.78 is 2.20. The van der Waals surface area contributed by atoms with Crippen molar-refractivity contribution in [2.45, 2.75) is 31.5 Å². The van der Waals surface area contributed by atoms with Crippen molar-refractivity contribution in [1.29, 1.82) is 0 Å². The Kier molecular flexibility index (Phi) is 6.48. The van der Waals surface area contributed by atoms with E-state index in [1.165, 1.54) is 28.7 Å². The molecule has 31 heavy (non-hydrogen) atoms. The van der Waals surface area contributed by atoms with Crippen LogP contribution < -0.4 is 10.9 Å². The number of hydrogen-bond donors (Lipinski definition) is 1. The van der Waals surface area contributed by atoms with Crippen LogP contribution in [0.4, 0.5) is 5.69 Å². The number of aromatic nitrogens is 3. The highest BCUT2D eigenvalue weighted by Crippen LogP contribution is 2.22. The molecule has 1 amide bonds. The van der Waals surface area contributed by atoms with Gasteiger partial charge in [-0.05, 0) is 47.2 Å². The van der Waals surface area contributed by atoms with Crippen LogP contribution in [0.5, 0.6) is 0 Å². The first-order valence-electron chi connectivity index (χ1n) is 9.92. The van der Waals surface area contributed by atoms with Gasteiger partial charge in [0.15, 0.2) is 5.16 Å². The zero-order chi connectivity index (χ0) is 21.8. The Morgan fingerprint density at radius 2 is 1.97 bits per heavy atom. The fourth-order valence-electron chi connectivity index (χ4n) is 3.11. The number of nitrogens with zero attached hydrogens (tertiary/aromatic N) is 3. The molecule has 0 bridgehead atoms. The van der Waals surface area contributed by atoms with Gasteiger partial charge in [0.05, 0.1) is 23.5 Å². The normalized spacial score (nSPS) is 11.2. The van der Waals surface area contributed by atoms with Crippen LogP contribution in [0.25, 0.3) is 10.2 Å². The molecule has 0 spiro atoms. The highest BCUT2D eigenvalue weighted by atomic mass is 32.2. The lowest BCUT2D eigenvalue weighted by atomic mass is 10.0. The highest BCUT2D eigenvalue weighted by Gasteiger charge is 2.15. The molecule has 6 nitrogen and oxygen atoms in total.